The van der Waals surface area contributed by atoms with Gasteiger partial charge in [-0.1, -0.05) is 72.8 Å². The molecule has 6 heteroatoms. The van der Waals surface area contributed by atoms with E-state index < -0.39 is 5.97 Å². The number of carbonyl (C=O) groups is 4. The predicted octanol–water partition coefficient (Wildman–Crippen LogP) is 4.08. The molecule has 0 saturated heterocycles. The summed E-state index contributed by atoms with van der Waals surface area (Å²) in [5.41, 5.74) is 2.98. The molecule has 2 aliphatic carbocycles. The van der Waals surface area contributed by atoms with Crippen molar-refractivity contribution >= 4 is 57.1 Å². The number of Topliss-reactive ketones (excluding diaryl/α,β-unsaturated/α-hetero) is 1. The van der Waals surface area contributed by atoms with Crippen LogP contribution < -0.4 is 10.6 Å². The van der Waals surface area contributed by atoms with Crippen LogP contribution in [0.5, 0.6) is 0 Å². The number of carboxylic acid groups (broad SMARTS) is 1. The van der Waals surface area contributed by atoms with E-state index in [9.17, 15) is 24.3 Å². The smallest absolute Gasteiger partial charge is 0.336 e. The molecule has 7 rings (SSSR count). The van der Waals surface area contributed by atoms with E-state index >= 15 is 0 Å². The van der Waals surface area contributed by atoms with E-state index in [2.05, 4.69) is 4.98 Å². The molecule has 38 heavy (non-hydrogen) atoms. The largest absolute Gasteiger partial charge is 0.478 e. The lowest BCUT2D eigenvalue weighted by Crippen LogP contribution is -2.32. The van der Waals surface area contributed by atoms with Gasteiger partial charge in [0.05, 0.1) is 16.4 Å². The highest BCUT2D eigenvalue weighted by molar-refractivity contribution is 6.28. The van der Waals surface area contributed by atoms with Crippen LogP contribution in [0.25, 0.3) is 33.8 Å². The number of aromatic nitrogens is 1. The summed E-state index contributed by atoms with van der Waals surface area (Å²) in [6.07, 6.45) is 3.74. The Morgan fingerprint density at radius 1 is 0.737 bits per heavy atom. The van der Waals surface area contributed by atoms with Crippen LogP contribution in [0.4, 0.5) is 0 Å². The van der Waals surface area contributed by atoms with Crippen LogP contribution in [0.3, 0.4) is 0 Å². The number of carbonyl (C=O) groups excluding carboxylic acids is 3. The highest BCUT2D eigenvalue weighted by Crippen LogP contribution is 2.27. The first-order chi connectivity index (χ1) is 18.4. The van der Waals surface area contributed by atoms with Crippen molar-refractivity contribution in [2.75, 3.05) is 0 Å². The maximum Gasteiger partial charge on any atom is 0.336 e. The lowest BCUT2D eigenvalue weighted by Gasteiger charge is -2.16. The Kier molecular flexibility index (Phi) is 5.50. The summed E-state index contributed by atoms with van der Waals surface area (Å²) >= 11 is 0. The standard InChI is InChI=1S/C18H11NO3.C14H8O2/c20-12-6-4-11-8-14-15(19-16(11)9-12)7-5-10-2-1-3-13(17(10)14)18(21)22;15-13-9-5-1-2-6-10(9)14(16)12-8-4-3-7-11(12)13/h1-5,7-9H,6H2,(H,21,22);1-8H. The van der Waals surface area contributed by atoms with Crippen LogP contribution >= 0.6 is 0 Å². The molecule has 5 aromatic rings. The van der Waals surface area contributed by atoms with Crippen LogP contribution in [0.15, 0.2) is 84.9 Å². The zero-order valence-electron chi connectivity index (χ0n) is 20.0. The molecule has 0 amide bonds. The molecule has 2 aliphatic rings. The number of benzene rings is 4. The first-order valence-electron chi connectivity index (χ1n) is 12.0. The Morgan fingerprint density at radius 3 is 1.92 bits per heavy atom. The molecule has 4 aromatic carbocycles. The van der Waals surface area contributed by atoms with Crippen LogP contribution in [0.1, 0.15) is 48.6 Å². The fourth-order valence-electron chi connectivity index (χ4n) is 4.99. The third kappa shape index (κ3) is 3.79. The van der Waals surface area contributed by atoms with Gasteiger partial charge >= 0.3 is 5.97 Å². The number of rotatable bonds is 1. The van der Waals surface area contributed by atoms with Crippen molar-refractivity contribution in [2.45, 2.75) is 6.42 Å². The monoisotopic (exact) mass is 497 g/mol. The van der Waals surface area contributed by atoms with Crippen molar-refractivity contribution in [2.24, 2.45) is 0 Å². The fraction of sp³-hybridized carbons (Fsp3) is 0.0312. The molecule has 182 valence electrons. The lowest BCUT2D eigenvalue weighted by molar-refractivity contribution is -0.112. The molecular weight excluding hydrogens is 478 g/mol. The SMILES string of the molecule is O=C1C=c2nc3ccc4cccc(C(=O)O)c4c3cc2=CC1.O=C1c2ccccc2C(=O)c2ccccc21. The number of fused-ring (bicyclic) bond motifs is 6. The highest BCUT2D eigenvalue weighted by Gasteiger charge is 2.28. The van der Waals surface area contributed by atoms with Gasteiger partial charge in [0, 0.05) is 45.5 Å². The quantitative estimate of drug-likeness (QED) is 0.344. The minimum Gasteiger partial charge on any atom is -0.478 e. The van der Waals surface area contributed by atoms with Gasteiger partial charge in [-0.15, -0.1) is 0 Å². The van der Waals surface area contributed by atoms with Gasteiger partial charge in [-0.2, -0.15) is 0 Å². The lowest BCUT2D eigenvalue weighted by atomic mass is 9.84. The van der Waals surface area contributed by atoms with Crippen molar-refractivity contribution < 1.29 is 24.3 Å². The summed E-state index contributed by atoms with van der Waals surface area (Å²) in [5, 5.41) is 13.3. The van der Waals surface area contributed by atoms with Gasteiger partial charge in [-0.05, 0) is 28.8 Å². The molecular formula is C32H19NO5. The van der Waals surface area contributed by atoms with E-state index in [4.69, 9.17) is 0 Å². The minimum absolute atomic E-state index is 0.0337. The molecule has 1 heterocycles. The Morgan fingerprint density at radius 2 is 1.34 bits per heavy atom. The molecule has 0 aliphatic heterocycles. The zero-order valence-corrected chi connectivity index (χ0v) is 20.0. The number of carboxylic acids is 1. The maximum absolute atomic E-state index is 12.1. The number of hydrogen-bond acceptors (Lipinski definition) is 5. The van der Waals surface area contributed by atoms with Crippen LogP contribution in [0.2, 0.25) is 0 Å². The van der Waals surface area contributed by atoms with Crippen LogP contribution in [-0.2, 0) is 4.79 Å². The predicted molar refractivity (Wildman–Crippen MR) is 144 cm³/mol. The third-order valence-corrected chi connectivity index (χ3v) is 6.78. The molecule has 1 N–H and O–H groups in total. The number of nitrogens with zero attached hydrogens (tertiary/aromatic N) is 1. The van der Waals surface area contributed by atoms with Crippen molar-refractivity contribution in [3.63, 3.8) is 0 Å². The fourth-order valence-corrected chi connectivity index (χ4v) is 4.99. The van der Waals surface area contributed by atoms with Crippen molar-refractivity contribution in [1.82, 2.24) is 4.98 Å². The molecule has 0 unspecified atom stereocenters. The zero-order chi connectivity index (χ0) is 26.4. The highest BCUT2D eigenvalue weighted by atomic mass is 16.4. The number of pyridine rings is 1. The second-order valence-electron chi connectivity index (χ2n) is 9.07. The third-order valence-electron chi connectivity index (χ3n) is 6.78. The summed E-state index contributed by atoms with van der Waals surface area (Å²) in [7, 11) is 0. The van der Waals surface area contributed by atoms with E-state index in [0.29, 0.717) is 44.9 Å². The topological polar surface area (TPSA) is 101 Å². The Labute approximate surface area is 216 Å². The second-order valence-corrected chi connectivity index (χ2v) is 9.07. The summed E-state index contributed by atoms with van der Waals surface area (Å²) < 4.78 is 0. The molecule has 1 aromatic heterocycles. The first-order valence-corrected chi connectivity index (χ1v) is 12.0. The summed E-state index contributed by atoms with van der Waals surface area (Å²) in [4.78, 5) is 51.7. The van der Waals surface area contributed by atoms with E-state index in [0.717, 1.165) is 16.0 Å². The van der Waals surface area contributed by atoms with E-state index in [1.807, 2.05) is 30.3 Å². The molecule has 0 atom stereocenters. The van der Waals surface area contributed by atoms with Gasteiger partial charge < -0.3 is 5.11 Å². The number of aromatic carboxylic acids is 1. The molecule has 0 spiro atoms. The second kappa shape index (κ2) is 9.01. The van der Waals surface area contributed by atoms with Crippen molar-refractivity contribution in [3.05, 3.63) is 123 Å². The maximum atomic E-state index is 12.1. The van der Waals surface area contributed by atoms with Gasteiger partial charge in [0.15, 0.2) is 17.3 Å². The Bertz CT molecular complexity index is 1880. The Balaban J connectivity index is 0.000000146. The normalized spacial score (nSPS) is 13.4. The average Bonchev–Trinajstić information content (AvgIpc) is 2.94. The molecule has 6 nitrogen and oxygen atoms in total. The molecule has 0 bridgehead atoms. The Hall–Kier alpha value is -5.23. The average molecular weight is 498 g/mol. The van der Waals surface area contributed by atoms with E-state index in [-0.39, 0.29) is 22.9 Å². The summed E-state index contributed by atoms with van der Waals surface area (Å²) in [6, 6.07) is 24.8. The number of ketones is 3. The van der Waals surface area contributed by atoms with Gasteiger partial charge in [0.25, 0.3) is 0 Å². The van der Waals surface area contributed by atoms with E-state index in [1.54, 1.807) is 66.7 Å². The van der Waals surface area contributed by atoms with E-state index in [1.165, 1.54) is 0 Å². The van der Waals surface area contributed by atoms with Crippen LogP contribution in [-0.4, -0.2) is 33.4 Å². The number of hydrogen-bond donors (Lipinski definition) is 1. The molecule has 0 fully saturated rings. The van der Waals surface area contributed by atoms with Gasteiger partial charge in [-0.25, -0.2) is 9.78 Å². The van der Waals surface area contributed by atoms with Gasteiger partial charge in [0.1, 0.15) is 0 Å². The minimum atomic E-state index is -0.957. The van der Waals surface area contributed by atoms with Gasteiger partial charge in [-0.3, -0.25) is 14.4 Å². The van der Waals surface area contributed by atoms with Crippen molar-refractivity contribution in [3.8, 4) is 0 Å². The summed E-state index contributed by atoms with van der Waals surface area (Å²) in [5.74, 6) is -1.05. The van der Waals surface area contributed by atoms with Crippen LogP contribution in [0, 0.1) is 0 Å². The summed E-state index contributed by atoms with van der Waals surface area (Å²) in [6.45, 7) is 0. The molecule has 0 saturated carbocycles. The van der Waals surface area contributed by atoms with Gasteiger partial charge in [0.2, 0.25) is 0 Å². The molecule has 0 radical (unpaired) electrons. The first kappa shape index (κ1) is 23.2. The van der Waals surface area contributed by atoms with Crippen molar-refractivity contribution in [1.29, 1.82) is 0 Å².